The maximum Gasteiger partial charge on any atom is 0.240 e. The summed E-state index contributed by atoms with van der Waals surface area (Å²) in [6, 6.07) is 6.08. The van der Waals surface area contributed by atoms with Crippen LogP contribution >= 0.6 is 11.3 Å². The highest BCUT2D eigenvalue weighted by Crippen LogP contribution is 2.24. The minimum atomic E-state index is -3.63. The largest absolute Gasteiger partial charge is 0.348 e. The monoisotopic (exact) mass is 379 g/mol. The molecule has 0 radical (unpaired) electrons. The Balaban J connectivity index is 1.59. The molecule has 1 aromatic carbocycles. The van der Waals surface area contributed by atoms with Crippen LogP contribution in [-0.2, 0) is 16.4 Å². The van der Waals surface area contributed by atoms with E-state index < -0.39 is 10.0 Å². The fourth-order valence-corrected chi connectivity index (χ4v) is 4.73. The summed E-state index contributed by atoms with van der Waals surface area (Å²) < 4.78 is 27.3. The van der Waals surface area contributed by atoms with E-state index in [9.17, 15) is 13.2 Å². The average Bonchev–Trinajstić information content (AvgIpc) is 3.26. The van der Waals surface area contributed by atoms with Gasteiger partial charge < -0.3 is 4.90 Å². The predicted octanol–water partition coefficient (Wildman–Crippen LogP) is 2.47. The molecule has 134 valence electrons. The first-order chi connectivity index (χ1) is 12.0. The van der Waals surface area contributed by atoms with Gasteiger partial charge in [0, 0.05) is 37.0 Å². The number of ketones is 1. The molecule has 1 saturated heterocycles. The van der Waals surface area contributed by atoms with Crippen molar-refractivity contribution in [3.8, 4) is 0 Å². The fourth-order valence-electron chi connectivity index (χ4n) is 2.74. The standard InChI is InChI=1S/C17H21N3O3S2/c1-13(21)14-5-4-6-16(11-14)25(22,23)18-8-7-15-12-24-17(19-15)20-9-2-3-10-20/h4-6,11-12,18H,2-3,7-10H2,1H3. The third kappa shape index (κ3) is 4.45. The van der Waals surface area contributed by atoms with E-state index in [-0.39, 0.29) is 17.2 Å². The Morgan fingerprint density at radius 3 is 2.80 bits per heavy atom. The SMILES string of the molecule is CC(=O)c1cccc(S(=O)(=O)NCCc2csc(N3CCCC3)n2)c1. The highest BCUT2D eigenvalue weighted by Gasteiger charge is 2.17. The number of Topliss-reactive ketones (excluding diaryl/α,β-unsaturated/α-hetero) is 1. The Bertz CT molecular complexity index is 856. The van der Waals surface area contributed by atoms with E-state index >= 15 is 0 Å². The molecule has 0 saturated carbocycles. The van der Waals surface area contributed by atoms with Crippen molar-refractivity contribution in [1.82, 2.24) is 9.71 Å². The van der Waals surface area contributed by atoms with Gasteiger partial charge in [-0.05, 0) is 31.9 Å². The number of anilines is 1. The molecule has 0 atom stereocenters. The minimum absolute atomic E-state index is 0.108. The molecule has 0 spiro atoms. The number of thiazole rings is 1. The summed E-state index contributed by atoms with van der Waals surface area (Å²) in [7, 11) is -3.63. The summed E-state index contributed by atoms with van der Waals surface area (Å²) in [5.41, 5.74) is 1.28. The Hall–Kier alpha value is -1.77. The Labute approximate surface area is 151 Å². The highest BCUT2D eigenvalue weighted by molar-refractivity contribution is 7.89. The quantitative estimate of drug-likeness (QED) is 0.748. The van der Waals surface area contributed by atoms with Crippen molar-refractivity contribution in [2.75, 3.05) is 24.5 Å². The predicted molar refractivity (Wildman–Crippen MR) is 98.9 cm³/mol. The van der Waals surface area contributed by atoms with Crippen LogP contribution in [0.3, 0.4) is 0 Å². The zero-order valence-electron chi connectivity index (χ0n) is 14.1. The van der Waals surface area contributed by atoms with E-state index in [1.165, 1.54) is 31.9 Å². The second kappa shape index (κ2) is 7.63. The van der Waals surface area contributed by atoms with Gasteiger partial charge in [0.05, 0.1) is 10.6 Å². The van der Waals surface area contributed by atoms with Crippen molar-refractivity contribution in [1.29, 1.82) is 0 Å². The third-order valence-corrected chi connectivity index (χ3v) is 6.55. The number of rotatable bonds is 7. The molecule has 2 heterocycles. The van der Waals surface area contributed by atoms with Gasteiger partial charge in [-0.25, -0.2) is 18.1 Å². The molecule has 6 nitrogen and oxygen atoms in total. The molecule has 1 fully saturated rings. The summed E-state index contributed by atoms with van der Waals surface area (Å²) in [6.07, 6.45) is 2.94. The number of carbonyl (C=O) groups excluding carboxylic acids is 1. The van der Waals surface area contributed by atoms with Gasteiger partial charge in [0.15, 0.2) is 10.9 Å². The molecule has 1 aliphatic rings. The molecule has 2 aromatic rings. The van der Waals surface area contributed by atoms with Crippen LogP contribution in [0.5, 0.6) is 0 Å². The van der Waals surface area contributed by atoms with E-state index in [1.807, 2.05) is 5.38 Å². The van der Waals surface area contributed by atoms with Crippen LogP contribution in [-0.4, -0.2) is 38.8 Å². The number of nitrogens with one attached hydrogen (secondary N) is 1. The summed E-state index contributed by atoms with van der Waals surface area (Å²) >= 11 is 1.61. The fraction of sp³-hybridized carbons (Fsp3) is 0.412. The van der Waals surface area contributed by atoms with Gasteiger partial charge in [0.2, 0.25) is 10.0 Å². The Morgan fingerprint density at radius 1 is 1.32 bits per heavy atom. The molecule has 0 unspecified atom stereocenters. The summed E-state index contributed by atoms with van der Waals surface area (Å²) in [4.78, 5) is 18.4. The van der Waals surface area contributed by atoms with Gasteiger partial charge in [0.25, 0.3) is 0 Å². The summed E-state index contributed by atoms with van der Waals surface area (Å²) in [5, 5.41) is 3.00. The van der Waals surface area contributed by atoms with Crippen LogP contribution in [0.25, 0.3) is 0 Å². The second-order valence-electron chi connectivity index (χ2n) is 6.05. The molecule has 1 aliphatic heterocycles. The molecule has 8 heteroatoms. The van der Waals surface area contributed by atoms with Gasteiger partial charge in [-0.2, -0.15) is 0 Å². The van der Waals surface area contributed by atoms with Gasteiger partial charge in [-0.1, -0.05) is 12.1 Å². The Kier molecular flexibility index (Phi) is 5.51. The average molecular weight is 380 g/mol. The topological polar surface area (TPSA) is 79.4 Å². The van der Waals surface area contributed by atoms with Crippen molar-refractivity contribution in [3.05, 3.63) is 40.9 Å². The summed E-state index contributed by atoms with van der Waals surface area (Å²) in [6.45, 7) is 3.79. The zero-order chi connectivity index (χ0) is 17.9. The third-order valence-electron chi connectivity index (χ3n) is 4.14. The number of hydrogen-bond acceptors (Lipinski definition) is 6. The number of aromatic nitrogens is 1. The van der Waals surface area contributed by atoms with Crippen molar-refractivity contribution in [2.24, 2.45) is 0 Å². The maximum absolute atomic E-state index is 12.4. The first-order valence-corrected chi connectivity index (χ1v) is 10.6. The van der Waals surface area contributed by atoms with E-state index in [0.29, 0.717) is 12.0 Å². The molecule has 3 rings (SSSR count). The Morgan fingerprint density at radius 2 is 2.08 bits per heavy atom. The number of nitrogens with zero attached hydrogens (tertiary/aromatic N) is 2. The van der Waals surface area contributed by atoms with E-state index in [2.05, 4.69) is 14.6 Å². The normalized spacial score (nSPS) is 14.8. The lowest BCUT2D eigenvalue weighted by molar-refractivity contribution is 0.101. The van der Waals surface area contributed by atoms with Crippen molar-refractivity contribution in [2.45, 2.75) is 31.1 Å². The second-order valence-corrected chi connectivity index (χ2v) is 8.65. The highest BCUT2D eigenvalue weighted by atomic mass is 32.2. The van der Waals surface area contributed by atoms with Crippen LogP contribution in [0.2, 0.25) is 0 Å². The van der Waals surface area contributed by atoms with Crippen LogP contribution in [0.1, 0.15) is 35.8 Å². The lowest BCUT2D eigenvalue weighted by atomic mass is 10.2. The molecular formula is C17H21N3O3S2. The first kappa shape index (κ1) is 18.0. The lowest BCUT2D eigenvalue weighted by Crippen LogP contribution is -2.26. The minimum Gasteiger partial charge on any atom is -0.348 e. The molecular weight excluding hydrogens is 358 g/mol. The number of carbonyl (C=O) groups is 1. The van der Waals surface area contributed by atoms with Crippen LogP contribution in [0.4, 0.5) is 5.13 Å². The van der Waals surface area contributed by atoms with Crippen molar-refractivity contribution in [3.63, 3.8) is 0 Å². The summed E-state index contributed by atoms with van der Waals surface area (Å²) in [5.74, 6) is -0.158. The van der Waals surface area contributed by atoms with Crippen LogP contribution in [0, 0.1) is 0 Å². The van der Waals surface area contributed by atoms with E-state index in [4.69, 9.17) is 0 Å². The molecule has 0 bridgehead atoms. The van der Waals surface area contributed by atoms with Gasteiger partial charge in [-0.15, -0.1) is 11.3 Å². The van der Waals surface area contributed by atoms with Gasteiger partial charge >= 0.3 is 0 Å². The van der Waals surface area contributed by atoms with Crippen molar-refractivity contribution >= 4 is 32.3 Å². The van der Waals surface area contributed by atoms with Crippen LogP contribution < -0.4 is 9.62 Å². The molecule has 1 aromatic heterocycles. The van der Waals surface area contributed by atoms with Gasteiger partial charge in [-0.3, -0.25) is 4.79 Å². The zero-order valence-corrected chi connectivity index (χ0v) is 15.7. The molecule has 0 amide bonds. The molecule has 1 N–H and O–H groups in total. The van der Waals surface area contributed by atoms with E-state index in [1.54, 1.807) is 23.5 Å². The smallest absolute Gasteiger partial charge is 0.240 e. The lowest BCUT2D eigenvalue weighted by Gasteiger charge is -2.12. The number of benzene rings is 1. The van der Waals surface area contributed by atoms with E-state index in [0.717, 1.165) is 23.9 Å². The first-order valence-electron chi connectivity index (χ1n) is 8.26. The number of sulfonamides is 1. The van der Waals surface area contributed by atoms with Crippen molar-refractivity contribution < 1.29 is 13.2 Å². The van der Waals surface area contributed by atoms with Crippen LogP contribution in [0.15, 0.2) is 34.5 Å². The molecule has 25 heavy (non-hydrogen) atoms. The number of hydrogen-bond donors (Lipinski definition) is 1. The molecule has 0 aliphatic carbocycles. The maximum atomic E-state index is 12.4. The van der Waals surface area contributed by atoms with Gasteiger partial charge in [0.1, 0.15) is 0 Å².